The van der Waals surface area contributed by atoms with Gasteiger partial charge in [0.2, 0.25) is 0 Å². The lowest BCUT2D eigenvalue weighted by Crippen LogP contribution is -2.32. The summed E-state index contributed by atoms with van der Waals surface area (Å²) in [5.74, 6) is 0.492. The van der Waals surface area contributed by atoms with Gasteiger partial charge in [0, 0.05) is 6.54 Å². The maximum Gasteiger partial charge on any atom is 0.263 e. The van der Waals surface area contributed by atoms with Crippen molar-refractivity contribution in [3.8, 4) is 0 Å². The van der Waals surface area contributed by atoms with Gasteiger partial charge in [-0.3, -0.25) is 4.79 Å². The number of nitrogens with one attached hydrogen (secondary N) is 1. The number of aromatic nitrogens is 1. The van der Waals surface area contributed by atoms with E-state index in [-0.39, 0.29) is 12.0 Å². The van der Waals surface area contributed by atoms with Crippen LogP contribution in [0.2, 0.25) is 0 Å². The van der Waals surface area contributed by atoms with Gasteiger partial charge in [-0.15, -0.1) is 11.3 Å². The fourth-order valence-corrected chi connectivity index (χ4v) is 2.90. The molecule has 4 nitrogen and oxygen atoms in total. The quantitative estimate of drug-likeness (QED) is 0.863. The van der Waals surface area contributed by atoms with E-state index in [2.05, 4.69) is 10.3 Å². The highest BCUT2D eigenvalue weighted by Crippen LogP contribution is 2.23. The zero-order valence-corrected chi connectivity index (χ0v) is 10.8. The summed E-state index contributed by atoms with van der Waals surface area (Å²) < 4.78 is 0. The van der Waals surface area contributed by atoms with Crippen LogP contribution in [0.5, 0.6) is 0 Å². The van der Waals surface area contributed by atoms with Crippen molar-refractivity contribution in [1.82, 2.24) is 10.3 Å². The Hall–Kier alpha value is -0.940. The molecule has 1 aromatic heterocycles. The Morgan fingerprint density at radius 1 is 1.53 bits per heavy atom. The lowest BCUT2D eigenvalue weighted by atomic mass is 9.87. The van der Waals surface area contributed by atoms with Crippen LogP contribution in [0.25, 0.3) is 0 Å². The van der Waals surface area contributed by atoms with Crippen LogP contribution >= 0.6 is 11.3 Å². The Kier molecular flexibility index (Phi) is 4.12. The first kappa shape index (κ1) is 12.5. The number of rotatable bonds is 3. The third kappa shape index (κ3) is 3.26. The van der Waals surface area contributed by atoms with Crippen LogP contribution in [0.4, 0.5) is 0 Å². The van der Waals surface area contributed by atoms with Crippen molar-refractivity contribution in [2.45, 2.75) is 38.7 Å². The highest BCUT2D eigenvalue weighted by Gasteiger charge is 2.20. The van der Waals surface area contributed by atoms with Crippen molar-refractivity contribution < 1.29 is 9.90 Å². The number of thiazole rings is 1. The molecular formula is C12H18N2O2S. The molecule has 2 rings (SSSR count). The molecule has 1 aliphatic rings. The number of amides is 1. The molecule has 0 atom stereocenters. The van der Waals surface area contributed by atoms with Crippen LogP contribution in [0, 0.1) is 12.8 Å². The molecule has 5 heteroatoms. The van der Waals surface area contributed by atoms with Crippen molar-refractivity contribution >= 4 is 17.2 Å². The molecular weight excluding hydrogens is 236 g/mol. The first-order valence-electron chi connectivity index (χ1n) is 6.03. The lowest BCUT2D eigenvalue weighted by Gasteiger charge is -2.25. The largest absolute Gasteiger partial charge is 0.393 e. The molecule has 1 fully saturated rings. The Bertz CT molecular complexity index is 384. The average molecular weight is 254 g/mol. The summed E-state index contributed by atoms with van der Waals surface area (Å²) in [7, 11) is 0. The van der Waals surface area contributed by atoms with Crippen molar-refractivity contribution in [1.29, 1.82) is 0 Å². The molecule has 1 heterocycles. The van der Waals surface area contributed by atoms with E-state index >= 15 is 0 Å². The number of aryl methyl sites for hydroxylation is 1. The standard InChI is InChI=1S/C12H18N2O2S/c1-8-11(17-7-14-8)12(16)13-6-9-2-4-10(15)5-3-9/h7,9-10,15H,2-6H2,1H3,(H,13,16). The molecule has 0 radical (unpaired) electrons. The van der Waals surface area contributed by atoms with Crippen molar-refractivity contribution in [2.24, 2.45) is 5.92 Å². The summed E-state index contributed by atoms with van der Waals surface area (Å²) in [5.41, 5.74) is 2.49. The number of carbonyl (C=O) groups excluding carboxylic acids is 1. The summed E-state index contributed by atoms with van der Waals surface area (Å²) in [6.45, 7) is 2.56. The van der Waals surface area contributed by atoms with Crippen LogP contribution in [-0.2, 0) is 0 Å². The molecule has 0 spiro atoms. The summed E-state index contributed by atoms with van der Waals surface area (Å²) in [6, 6.07) is 0. The van der Waals surface area contributed by atoms with Gasteiger partial charge in [0.1, 0.15) is 4.88 Å². The van der Waals surface area contributed by atoms with Gasteiger partial charge in [-0.1, -0.05) is 0 Å². The van der Waals surface area contributed by atoms with Gasteiger partial charge in [0.15, 0.2) is 0 Å². The highest BCUT2D eigenvalue weighted by molar-refractivity contribution is 7.11. The van der Waals surface area contributed by atoms with E-state index in [0.717, 1.165) is 31.4 Å². The second-order valence-corrected chi connectivity index (χ2v) is 5.51. The Morgan fingerprint density at radius 2 is 2.24 bits per heavy atom. The Labute approximate surface area is 105 Å². The number of aliphatic hydroxyl groups is 1. The molecule has 0 aromatic carbocycles. The molecule has 17 heavy (non-hydrogen) atoms. The molecule has 1 aliphatic carbocycles. The zero-order valence-electron chi connectivity index (χ0n) is 9.98. The third-order valence-electron chi connectivity index (χ3n) is 3.32. The molecule has 0 saturated heterocycles. The van der Waals surface area contributed by atoms with Gasteiger partial charge in [-0.25, -0.2) is 4.98 Å². The minimum atomic E-state index is -0.134. The summed E-state index contributed by atoms with van der Waals surface area (Å²) in [4.78, 5) is 16.6. The molecule has 0 bridgehead atoms. The molecule has 0 aliphatic heterocycles. The van der Waals surface area contributed by atoms with E-state index in [1.807, 2.05) is 6.92 Å². The summed E-state index contributed by atoms with van der Waals surface area (Å²) in [5, 5.41) is 12.4. The average Bonchev–Trinajstić information content (AvgIpc) is 2.74. The number of nitrogens with zero attached hydrogens (tertiary/aromatic N) is 1. The van der Waals surface area contributed by atoms with E-state index in [1.54, 1.807) is 5.51 Å². The highest BCUT2D eigenvalue weighted by atomic mass is 32.1. The number of aliphatic hydroxyl groups excluding tert-OH is 1. The molecule has 94 valence electrons. The van der Waals surface area contributed by atoms with E-state index < -0.39 is 0 Å². The van der Waals surface area contributed by atoms with E-state index in [0.29, 0.717) is 17.3 Å². The number of hydrogen-bond acceptors (Lipinski definition) is 4. The van der Waals surface area contributed by atoms with Gasteiger partial charge in [0.25, 0.3) is 5.91 Å². The third-order valence-corrected chi connectivity index (χ3v) is 4.25. The van der Waals surface area contributed by atoms with Crippen molar-refractivity contribution in [3.63, 3.8) is 0 Å². The zero-order chi connectivity index (χ0) is 12.3. The van der Waals surface area contributed by atoms with Crippen LogP contribution in [0.15, 0.2) is 5.51 Å². The molecule has 0 unspecified atom stereocenters. The predicted octanol–water partition coefficient (Wildman–Crippen LogP) is 1.73. The molecule has 1 saturated carbocycles. The van der Waals surface area contributed by atoms with Gasteiger partial charge >= 0.3 is 0 Å². The monoisotopic (exact) mass is 254 g/mol. The van der Waals surface area contributed by atoms with Crippen LogP contribution in [-0.4, -0.2) is 28.6 Å². The maximum absolute atomic E-state index is 11.8. The number of hydrogen-bond donors (Lipinski definition) is 2. The van der Waals surface area contributed by atoms with Gasteiger partial charge in [0.05, 0.1) is 17.3 Å². The first-order valence-corrected chi connectivity index (χ1v) is 6.91. The topological polar surface area (TPSA) is 62.2 Å². The van der Waals surface area contributed by atoms with Crippen LogP contribution < -0.4 is 5.32 Å². The minimum Gasteiger partial charge on any atom is -0.393 e. The summed E-state index contributed by atoms with van der Waals surface area (Å²) >= 11 is 1.38. The fourth-order valence-electron chi connectivity index (χ4n) is 2.19. The van der Waals surface area contributed by atoms with Gasteiger partial charge < -0.3 is 10.4 Å². The van der Waals surface area contributed by atoms with Crippen LogP contribution in [0.1, 0.15) is 41.0 Å². The van der Waals surface area contributed by atoms with Crippen molar-refractivity contribution in [2.75, 3.05) is 6.54 Å². The first-order chi connectivity index (χ1) is 8.16. The fraction of sp³-hybridized carbons (Fsp3) is 0.667. The van der Waals surface area contributed by atoms with Gasteiger partial charge in [-0.2, -0.15) is 0 Å². The predicted molar refractivity (Wildman–Crippen MR) is 67.1 cm³/mol. The van der Waals surface area contributed by atoms with E-state index in [9.17, 15) is 9.90 Å². The molecule has 1 aromatic rings. The second kappa shape index (κ2) is 5.60. The normalized spacial score (nSPS) is 24.6. The Morgan fingerprint density at radius 3 is 2.82 bits per heavy atom. The SMILES string of the molecule is Cc1ncsc1C(=O)NCC1CCC(O)CC1. The Balaban J connectivity index is 1.79. The maximum atomic E-state index is 11.8. The van der Waals surface area contributed by atoms with Gasteiger partial charge in [-0.05, 0) is 38.5 Å². The smallest absolute Gasteiger partial charge is 0.263 e. The molecule has 1 amide bonds. The second-order valence-electron chi connectivity index (χ2n) is 4.65. The lowest BCUT2D eigenvalue weighted by molar-refractivity contribution is 0.0913. The van der Waals surface area contributed by atoms with Crippen LogP contribution in [0.3, 0.4) is 0 Å². The van der Waals surface area contributed by atoms with E-state index in [1.165, 1.54) is 11.3 Å². The number of carbonyl (C=O) groups is 1. The van der Waals surface area contributed by atoms with E-state index in [4.69, 9.17) is 0 Å². The minimum absolute atomic E-state index is 0.0175. The van der Waals surface area contributed by atoms with Crippen molar-refractivity contribution in [3.05, 3.63) is 16.1 Å². The molecule has 2 N–H and O–H groups in total. The summed E-state index contributed by atoms with van der Waals surface area (Å²) in [6.07, 6.45) is 3.60.